The quantitative estimate of drug-likeness (QED) is 0.548. The van der Waals surface area contributed by atoms with E-state index in [0.717, 1.165) is 11.1 Å². The maximum absolute atomic E-state index is 12.3. The van der Waals surface area contributed by atoms with Crippen LogP contribution in [0.25, 0.3) is 0 Å². The lowest BCUT2D eigenvalue weighted by atomic mass is 10.1. The predicted molar refractivity (Wildman–Crippen MR) is 103 cm³/mol. The highest BCUT2D eigenvalue weighted by Crippen LogP contribution is 2.29. The minimum atomic E-state index is -4.40. The summed E-state index contributed by atoms with van der Waals surface area (Å²) < 4.78 is 46.9. The number of nitrogens with one attached hydrogen (secondary N) is 2. The van der Waals surface area contributed by atoms with E-state index in [4.69, 9.17) is 9.47 Å². The number of hydrogen-bond donors (Lipinski definition) is 2. The number of hydrogen-bond acceptors (Lipinski definition) is 3. The lowest BCUT2D eigenvalue weighted by molar-refractivity contribution is -0.153. The number of ether oxygens (including phenoxy) is 2. The minimum absolute atomic E-state index is 0.0452. The van der Waals surface area contributed by atoms with E-state index in [0.29, 0.717) is 12.5 Å². The van der Waals surface area contributed by atoms with Crippen molar-refractivity contribution in [2.45, 2.75) is 25.7 Å². The first-order valence-electron chi connectivity index (χ1n) is 8.71. The van der Waals surface area contributed by atoms with Crippen LogP contribution in [0.1, 0.15) is 24.1 Å². The topological polar surface area (TPSA) is 54.9 Å². The van der Waals surface area contributed by atoms with Crippen molar-refractivity contribution in [1.29, 1.82) is 0 Å². The summed E-state index contributed by atoms with van der Waals surface area (Å²) in [7, 11) is 3.05. The molecule has 0 saturated heterocycles. The maximum atomic E-state index is 12.3. The molecule has 1 unspecified atom stereocenters. The molecule has 0 bridgehead atoms. The molecule has 5 nitrogen and oxygen atoms in total. The molecular formula is C20H24F3N3O2. The molecule has 152 valence electrons. The van der Waals surface area contributed by atoms with Gasteiger partial charge in [-0.15, -0.1) is 0 Å². The zero-order valence-electron chi connectivity index (χ0n) is 16.0. The van der Waals surface area contributed by atoms with Crippen LogP contribution in [-0.2, 0) is 6.54 Å². The Bertz CT molecular complexity index is 780. The molecule has 0 saturated carbocycles. The van der Waals surface area contributed by atoms with E-state index in [2.05, 4.69) is 15.6 Å². The second-order valence-corrected chi connectivity index (χ2v) is 6.09. The molecule has 0 fully saturated rings. The van der Waals surface area contributed by atoms with Gasteiger partial charge in [0, 0.05) is 13.6 Å². The summed E-state index contributed by atoms with van der Waals surface area (Å²) in [4.78, 5) is 4.20. The Morgan fingerprint density at radius 1 is 1.11 bits per heavy atom. The van der Waals surface area contributed by atoms with Crippen molar-refractivity contribution in [3.05, 3.63) is 59.7 Å². The molecule has 0 aliphatic rings. The van der Waals surface area contributed by atoms with Gasteiger partial charge in [-0.25, -0.2) is 0 Å². The van der Waals surface area contributed by atoms with Gasteiger partial charge in [0.05, 0.1) is 13.2 Å². The summed E-state index contributed by atoms with van der Waals surface area (Å²) in [6, 6.07) is 14.8. The van der Waals surface area contributed by atoms with Crippen molar-refractivity contribution < 1.29 is 22.6 Å². The van der Waals surface area contributed by atoms with Crippen LogP contribution in [0.3, 0.4) is 0 Å². The average molecular weight is 395 g/mol. The van der Waals surface area contributed by atoms with E-state index in [1.54, 1.807) is 19.2 Å². The zero-order chi connectivity index (χ0) is 20.6. The molecule has 0 aliphatic carbocycles. The average Bonchev–Trinajstić information content (AvgIpc) is 2.69. The summed E-state index contributed by atoms with van der Waals surface area (Å²) in [6.45, 7) is 1.07. The molecule has 0 aromatic heterocycles. The summed E-state index contributed by atoms with van der Waals surface area (Å²) in [5.41, 5.74) is 1.94. The van der Waals surface area contributed by atoms with Crippen molar-refractivity contribution in [3.8, 4) is 11.5 Å². The Balaban J connectivity index is 1.96. The number of halogens is 3. The molecule has 2 rings (SSSR count). The molecule has 28 heavy (non-hydrogen) atoms. The lowest BCUT2D eigenvalue weighted by Gasteiger charge is -2.19. The van der Waals surface area contributed by atoms with E-state index in [9.17, 15) is 13.2 Å². The Kier molecular flexibility index (Phi) is 7.54. The van der Waals surface area contributed by atoms with E-state index in [1.165, 1.54) is 13.2 Å². The highest BCUT2D eigenvalue weighted by atomic mass is 19.4. The normalized spacial score (nSPS) is 13.0. The summed E-state index contributed by atoms with van der Waals surface area (Å²) >= 11 is 0. The van der Waals surface area contributed by atoms with Crippen LogP contribution in [0.5, 0.6) is 11.5 Å². The van der Waals surface area contributed by atoms with Crippen LogP contribution in [0.15, 0.2) is 53.5 Å². The van der Waals surface area contributed by atoms with Gasteiger partial charge in [0.15, 0.2) is 24.1 Å². The Hall–Kier alpha value is -2.90. The summed E-state index contributed by atoms with van der Waals surface area (Å²) in [6.07, 6.45) is -4.40. The van der Waals surface area contributed by atoms with Gasteiger partial charge >= 0.3 is 6.18 Å². The number of methoxy groups -OCH3 is 1. The van der Waals surface area contributed by atoms with Crippen LogP contribution in [0.2, 0.25) is 0 Å². The summed E-state index contributed by atoms with van der Waals surface area (Å²) in [5.74, 6) is 0.889. The minimum Gasteiger partial charge on any atom is -0.493 e. The molecule has 0 aliphatic heterocycles. The van der Waals surface area contributed by atoms with Gasteiger partial charge < -0.3 is 20.1 Å². The van der Waals surface area contributed by atoms with Crippen molar-refractivity contribution in [3.63, 3.8) is 0 Å². The highest BCUT2D eigenvalue weighted by Gasteiger charge is 2.29. The molecule has 0 spiro atoms. The smallest absolute Gasteiger partial charge is 0.422 e. The predicted octanol–water partition coefficient (Wildman–Crippen LogP) is 4.06. The van der Waals surface area contributed by atoms with Crippen LogP contribution in [0, 0.1) is 0 Å². The second kappa shape index (κ2) is 9.87. The van der Waals surface area contributed by atoms with Gasteiger partial charge in [-0.05, 0) is 30.2 Å². The molecule has 0 heterocycles. The molecule has 2 aromatic rings. The van der Waals surface area contributed by atoms with Crippen molar-refractivity contribution in [2.24, 2.45) is 4.99 Å². The lowest BCUT2D eigenvalue weighted by Crippen LogP contribution is -2.38. The standard InChI is InChI=1S/C20H24F3N3O2/c1-14(16-7-5-4-6-8-16)26-19(24-2)25-12-15-9-10-17(18(11-15)27-3)28-13-20(21,22)23/h4-11,14H,12-13H2,1-3H3,(H2,24,25,26). The van der Waals surface area contributed by atoms with Gasteiger partial charge in [-0.1, -0.05) is 36.4 Å². The van der Waals surface area contributed by atoms with Gasteiger partial charge in [0.2, 0.25) is 0 Å². The maximum Gasteiger partial charge on any atom is 0.422 e. The van der Waals surface area contributed by atoms with E-state index < -0.39 is 12.8 Å². The number of aliphatic imine (C=N–C) groups is 1. The number of nitrogens with zero attached hydrogens (tertiary/aromatic N) is 1. The van der Waals surface area contributed by atoms with E-state index in [1.807, 2.05) is 37.3 Å². The SMILES string of the molecule is CN=C(NCc1ccc(OCC(F)(F)F)c(OC)c1)NC(C)c1ccccc1. The fourth-order valence-corrected chi connectivity index (χ4v) is 2.51. The molecule has 2 aromatic carbocycles. The van der Waals surface area contributed by atoms with Crippen LogP contribution >= 0.6 is 0 Å². The number of rotatable bonds is 7. The third-order valence-corrected chi connectivity index (χ3v) is 3.96. The first-order chi connectivity index (χ1) is 13.3. The van der Waals surface area contributed by atoms with Crippen molar-refractivity contribution >= 4 is 5.96 Å². The molecule has 0 radical (unpaired) electrons. The van der Waals surface area contributed by atoms with Gasteiger partial charge in [-0.3, -0.25) is 4.99 Å². The van der Waals surface area contributed by atoms with Crippen molar-refractivity contribution in [2.75, 3.05) is 20.8 Å². The van der Waals surface area contributed by atoms with Gasteiger partial charge in [0.25, 0.3) is 0 Å². The van der Waals surface area contributed by atoms with Crippen LogP contribution < -0.4 is 20.1 Å². The molecule has 2 N–H and O–H groups in total. The fraction of sp³-hybridized carbons (Fsp3) is 0.350. The fourth-order valence-electron chi connectivity index (χ4n) is 2.51. The molecule has 1 atom stereocenters. The third-order valence-electron chi connectivity index (χ3n) is 3.96. The zero-order valence-corrected chi connectivity index (χ0v) is 16.0. The highest BCUT2D eigenvalue weighted by molar-refractivity contribution is 5.80. The second-order valence-electron chi connectivity index (χ2n) is 6.09. The monoisotopic (exact) mass is 395 g/mol. The number of alkyl halides is 3. The molecular weight excluding hydrogens is 371 g/mol. The van der Waals surface area contributed by atoms with Crippen molar-refractivity contribution in [1.82, 2.24) is 10.6 Å². The first kappa shape index (κ1) is 21.4. The van der Waals surface area contributed by atoms with Gasteiger partial charge in [-0.2, -0.15) is 13.2 Å². The molecule has 0 amide bonds. The Morgan fingerprint density at radius 2 is 1.82 bits per heavy atom. The summed E-state index contributed by atoms with van der Waals surface area (Å²) in [5, 5.41) is 6.46. The van der Waals surface area contributed by atoms with E-state index >= 15 is 0 Å². The van der Waals surface area contributed by atoms with Crippen LogP contribution in [-0.4, -0.2) is 32.9 Å². The van der Waals surface area contributed by atoms with Crippen LogP contribution in [0.4, 0.5) is 13.2 Å². The number of benzene rings is 2. The Morgan fingerprint density at radius 3 is 2.43 bits per heavy atom. The number of guanidine groups is 1. The Labute approximate surface area is 162 Å². The van der Waals surface area contributed by atoms with Gasteiger partial charge in [0.1, 0.15) is 0 Å². The van der Waals surface area contributed by atoms with E-state index in [-0.39, 0.29) is 17.5 Å². The largest absolute Gasteiger partial charge is 0.493 e. The first-order valence-corrected chi connectivity index (χ1v) is 8.71. The third kappa shape index (κ3) is 6.68. The molecule has 8 heteroatoms.